The Morgan fingerprint density at radius 1 is 0.440 bits per heavy atom. The lowest BCUT2D eigenvalue weighted by molar-refractivity contribution is -0.124. The molecule has 6 nitrogen and oxygen atoms in total. The van der Waals surface area contributed by atoms with E-state index in [1.54, 1.807) is 0 Å². The Balaban J connectivity index is 3.60. The van der Waals surface area contributed by atoms with Crippen molar-refractivity contribution in [2.24, 2.45) is 0 Å². The maximum Gasteiger partial charge on any atom is 0.220 e. The number of amides is 1. The summed E-state index contributed by atoms with van der Waals surface area (Å²) in [6.07, 6.45) is 40.9. The Labute approximate surface area is 311 Å². The number of hydrogen-bond donors (Lipinski definition) is 5. The Bertz CT molecular complexity index is 677. The Morgan fingerprint density at radius 3 is 1.12 bits per heavy atom. The van der Waals surface area contributed by atoms with Crippen molar-refractivity contribution in [1.29, 1.82) is 0 Å². The van der Waals surface area contributed by atoms with Crippen molar-refractivity contribution in [2.45, 2.75) is 269 Å². The van der Waals surface area contributed by atoms with Crippen molar-refractivity contribution in [3.05, 3.63) is 0 Å². The first-order valence-corrected chi connectivity index (χ1v) is 22.4. The van der Waals surface area contributed by atoms with E-state index >= 15 is 0 Å². The van der Waals surface area contributed by atoms with Crippen LogP contribution in [0, 0.1) is 0 Å². The van der Waals surface area contributed by atoms with Crippen LogP contribution in [0.15, 0.2) is 0 Å². The second-order valence-corrected chi connectivity index (χ2v) is 15.8. The number of nitrogens with one attached hydrogen (secondary N) is 1. The van der Waals surface area contributed by atoms with Crippen molar-refractivity contribution in [2.75, 3.05) is 6.61 Å². The maximum absolute atomic E-state index is 12.4. The molecular formula is C44H89NO5. The number of hydrogen-bond acceptors (Lipinski definition) is 5. The first kappa shape index (κ1) is 49.3. The first-order chi connectivity index (χ1) is 24.5. The molecule has 0 aliphatic rings. The predicted molar refractivity (Wildman–Crippen MR) is 215 cm³/mol. The first-order valence-electron chi connectivity index (χ1n) is 22.4. The third-order valence-electron chi connectivity index (χ3n) is 10.8. The van der Waals surface area contributed by atoms with Gasteiger partial charge >= 0.3 is 0 Å². The number of aliphatic hydroxyl groups is 4. The van der Waals surface area contributed by atoms with Gasteiger partial charge in [-0.3, -0.25) is 4.79 Å². The zero-order valence-corrected chi connectivity index (χ0v) is 33.7. The fourth-order valence-corrected chi connectivity index (χ4v) is 7.24. The molecule has 0 saturated carbocycles. The maximum atomic E-state index is 12.4. The number of rotatable bonds is 41. The van der Waals surface area contributed by atoms with Gasteiger partial charge in [-0.1, -0.05) is 213 Å². The summed E-state index contributed by atoms with van der Waals surface area (Å²) in [5.41, 5.74) is 0. The van der Waals surface area contributed by atoms with Crippen LogP contribution in [0.3, 0.4) is 0 Å². The van der Waals surface area contributed by atoms with Crippen LogP contribution < -0.4 is 5.32 Å². The van der Waals surface area contributed by atoms with E-state index in [9.17, 15) is 25.2 Å². The van der Waals surface area contributed by atoms with Crippen LogP contribution in [0.2, 0.25) is 0 Å². The normalized spacial score (nSPS) is 14.1. The molecule has 0 aromatic rings. The van der Waals surface area contributed by atoms with E-state index in [-0.39, 0.29) is 18.6 Å². The van der Waals surface area contributed by atoms with E-state index in [0.717, 1.165) is 51.4 Å². The van der Waals surface area contributed by atoms with Gasteiger partial charge in [0, 0.05) is 6.42 Å². The van der Waals surface area contributed by atoms with E-state index < -0.39 is 18.2 Å². The highest BCUT2D eigenvalue weighted by molar-refractivity contribution is 5.76. The molecule has 0 aliphatic heterocycles. The quantitative estimate of drug-likeness (QED) is 0.0406. The number of unbranched alkanes of at least 4 members (excludes halogenated alkanes) is 29. The van der Waals surface area contributed by atoms with Crippen molar-refractivity contribution < 1.29 is 25.2 Å². The van der Waals surface area contributed by atoms with Gasteiger partial charge in [0.15, 0.2) is 0 Å². The fraction of sp³-hybridized carbons (Fsp3) is 0.977. The molecule has 4 atom stereocenters. The molecule has 300 valence electrons. The Morgan fingerprint density at radius 2 is 0.740 bits per heavy atom. The second-order valence-electron chi connectivity index (χ2n) is 15.8. The standard InChI is InChI=1S/C44H89NO5/c1-3-5-7-8-9-10-11-12-13-14-18-21-24-27-30-34-38-43(49)45-41(39-46)44(50)42(48)37-33-29-26-23-20-17-15-16-19-22-25-28-32-36-40(47)35-31-6-4-2/h40-42,44,46-48,50H,3-39H2,1-2H3,(H,45,49). The molecule has 0 spiro atoms. The zero-order chi connectivity index (χ0) is 36.8. The van der Waals surface area contributed by atoms with Gasteiger partial charge < -0.3 is 25.7 Å². The molecule has 6 heteroatoms. The zero-order valence-electron chi connectivity index (χ0n) is 33.7. The Kier molecular flexibility index (Phi) is 39.0. The minimum atomic E-state index is -1.14. The van der Waals surface area contributed by atoms with E-state index in [4.69, 9.17) is 0 Å². The third kappa shape index (κ3) is 34.4. The summed E-state index contributed by atoms with van der Waals surface area (Å²) >= 11 is 0. The summed E-state index contributed by atoms with van der Waals surface area (Å²) in [6, 6.07) is -0.813. The molecule has 0 aromatic heterocycles. The molecule has 0 bridgehead atoms. The topological polar surface area (TPSA) is 110 Å². The molecule has 0 rings (SSSR count). The number of carbonyl (C=O) groups is 1. The molecule has 0 aromatic carbocycles. The molecule has 0 radical (unpaired) electrons. The molecule has 5 N–H and O–H groups in total. The van der Waals surface area contributed by atoms with E-state index in [0.29, 0.717) is 12.8 Å². The number of aliphatic hydroxyl groups excluding tert-OH is 4. The van der Waals surface area contributed by atoms with E-state index in [1.165, 1.54) is 167 Å². The molecule has 4 unspecified atom stereocenters. The van der Waals surface area contributed by atoms with Gasteiger partial charge in [-0.2, -0.15) is 0 Å². The van der Waals surface area contributed by atoms with Crippen LogP contribution in [-0.2, 0) is 4.79 Å². The highest BCUT2D eigenvalue weighted by Gasteiger charge is 2.26. The lowest BCUT2D eigenvalue weighted by atomic mass is 9.99. The highest BCUT2D eigenvalue weighted by Crippen LogP contribution is 2.17. The summed E-state index contributed by atoms with van der Waals surface area (Å²) in [5, 5.41) is 43.6. The lowest BCUT2D eigenvalue weighted by Gasteiger charge is -2.26. The van der Waals surface area contributed by atoms with Crippen LogP contribution in [0.5, 0.6) is 0 Å². The van der Waals surface area contributed by atoms with Gasteiger partial charge in [0.05, 0.1) is 24.9 Å². The molecule has 50 heavy (non-hydrogen) atoms. The van der Waals surface area contributed by atoms with Gasteiger partial charge in [-0.15, -0.1) is 0 Å². The average molecular weight is 712 g/mol. The molecule has 0 saturated heterocycles. The highest BCUT2D eigenvalue weighted by atomic mass is 16.3. The van der Waals surface area contributed by atoms with Gasteiger partial charge in [-0.25, -0.2) is 0 Å². The Hall–Kier alpha value is -0.690. The summed E-state index contributed by atoms with van der Waals surface area (Å²) in [6.45, 7) is 4.11. The van der Waals surface area contributed by atoms with Crippen molar-refractivity contribution >= 4 is 5.91 Å². The molecule has 0 aliphatic carbocycles. The van der Waals surface area contributed by atoms with Crippen LogP contribution >= 0.6 is 0 Å². The van der Waals surface area contributed by atoms with Crippen LogP contribution in [0.4, 0.5) is 0 Å². The summed E-state index contributed by atoms with van der Waals surface area (Å²) in [4.78, 5) is 12.4. The third-order valence-corrected chi connectivity index (χ3v) is 10.8. The van der Waals surface area contributed by atoms with Crippen molar-refractivity contribution in [3.8, 4) is 0 Å². The smallest absolute Gasteiger partial charge is 0.220 e. The average Bonchev–Trinajstić information content (AvgIpc) is 3.11. The van der Waals surface area contributed by atoms with Gasteiger partial charge in [0.2, 0.25) is 5.91 Å². The summed E-state index contributed by atoms with van der Waals surface area (Å²) < 4.78 is 0. The van der Waals surface area contributed by atoms with Gasteiger partial charge in [-0.05, 0) is 25.7 Å². The van der Waals surface area contributed by atoms with Crippen LogP contribution in [0.1, 0.15) is 245 Å². The van der Waals surface area contributed by atoms with E-state index in [1.807, 2.05) is 0 Å². The number of carbonyl (C=O) groups excluding carboxylic acids is 1. The van der Waals surface area contributed by atoms with Crippen molar-refractivity contribution in [1.82, 2.24) is 5.32 Å². The second kappa shape index (κ2) is 39.5. The predicted octanol–water partition coefficient (Wildman–Crippen LogP) is 11.6. The molecule has 0 heterocycles. The molecular weight excluding hydrogens is 622 g/mol. The summed E-state index contributed by atoms with van der Waals surface area (Å²) in [5.74, 6) is -0.148. The van der Waals surface area contributed by atoms with Gasteiger partial charge in [0.25, 0.3) is 0 Å². The minimum absolute atomic E-state index is 0.0841. The SMILES string of the molecule is CCCCCCCCCCCCCCCCCCC(=O)NC(CO)C(O)C(O)CCCCCCCCCCCCCCCC(O)CCCCC. The van der Waals surface area contributed by atoms with Crippen molar-refractivity contribution in [3.63, 3.8) is 0 Å². The van der Waals surface area contributed by atoms with E-state index in [2.05, 4.69) is 19.2 Å². The minimum Gasteiger partial charge on any atom is -0.394 e. The lowest BCUT2D eigenvalue weighted by Crippen LogP contribution is -2.50. The van der Waals surface area contributed by atoms with Crippen LogP contribution in [-0.4, -0.2) is 57.3 Å². The monoisotopic (exact) mass is 712 g/mol. The fourth-order valence-electron chi connectivity index (χ4n) is 7.24. The summed E-state index contributed by atoms with van der Waals surface area (Å²) in [7, 11) is 0. The van der Waals surface area contributed by atoms with Gasteiger partial charge in [0.1, 0.15) is 6.10 Å². The molecule has 0 fully saturated rings. The van der Waals surface area contributed by atoms with Crippen LogP contribution in [0.25, 0.3) is 0 Å². The largest absolute Gasteiger partial charge is 0.394 e. The molecule has 1 amide bonds.